The van der Waals surface area contributed by atoms with Crippen molar-refractivity contribution >= 4 is 30.1 Å². The second-order valence-electron chi connectivity index (χ2n) is 6.42. The van der Waals surface area contributed by atoms with Crippen LogP contribution in [0.25, 0.3) is 0 Å². The van der Waals surface area contributed by atoms with Crippen molar-refractivity contribution in [2.45, 2.75) is 6.54 Å². The molecule has 0 bridgehead atoms. The molecule has 9 heteroatoms. The standard InChI is InChI=1S/C20H22FN3O4.ClH/c1-28-17-4-2-3-16(12-17)24(20(27)23-9-7-22-8-10-23)13-15-6-5-14(19(25)26)11-18(15)21;/h2-6,11-12,22H,7-10,13H2,1H3,(H,25,26);1H. The number of hydrogen-bond donors (Lipinski definition) is 2. The third-order valence-electron chi connectivity index (χ3n) is 4.61. The third-order valence-corrected chi connectivity index (χ3v) is 4.61. The predicted molar refractivity (Wildman–Crippen MR) is 110 cm³/mol. The van der Waals surface area contributed by atoms with Crippen LogP contribution >= 0.6 is 12.4 Å². The molecule has 2 aromatic carbocycles. The fourth-order valence-electron chi connectivity index (χ4n) is 3.05. The molecule has 1 heterocycles. The van der Waals surface area contributed by atoms with E-state index in [4.69, 9.17) is 9.84 Å². The third kappa shape index (κ3) is 5.36. The summed E-state index contributed by atoms with van der Waals surface area (Å²) in [4.78, 5) is 27.4. The number of halogens is 2. The number of nitrogens with zero attached hydrogens (tertiary/aromatic N) is 2. The van der Waals surface area contributed by atoms with Gasteiger partial charge in [0.15, 0.2) is 0 Å². The molecule has 1 aliphatic heterocycles. The van der Waals surface area contributed by atoms with E-state index in [1.807, 2.05) is 0 Å². The lowest BCUT2D eigenvalue weighted by Crippen LogP contribution is -2.51. The molecule has 1 aliphatic rings. The topological polar surface area (TPSA) is 82.1 Å². The summed E-state index contributed by atoms with van der Waals surface area (Å²) in [5.41, 5.74) is 0.670. The van der Waals surface area contributed by atoms with Gasteiger partial charge < -0.3 is 20.1 Å². The fourth-order valence-corrected chi connectivity index (χ4v) is 3.05. The molecule has 0 unspecified atom stereocenters. The van der Waals surface area contributed by atoms with E-state index in [9.17, 15) is 14.0 Å². The molecular formula is C20H23ClFN3O4. The number of hydrogen-bond acceptors (Lipinski definition) is 4. The van der Waals surface area contributed by atoms with Crippen LogP contribution in [0.5, 0.6) is 5.75 Å². The Morgan fingerprint density at radius 2 is 1.93 bits per heavy atom. The van der Waals surface area contributed by atoms with Crippen molar-refractivity contribution in [3.05, 3.63) is 59.4 Å². The molecule has 3 rings (SSSR count). The van der Waals surface area contributed by atoms with Crippen LogP contribution in [0.3, 0.4) is 0 Å². The van der Waals surface area contributed by atoms with E-state index < -0.39 is 11.8 Å². The number of aromatic carboxylic acids is 1. The maximum absolute atomic E-state index is 14.5. The number of benzene rings is 2. The average molecular weight is 424 g/mol. The lowest BCUT2D eigenvalue weighted by atomic mass is 10.1. The number of carbonyl (C=O) groups excluding carboxylic acids is 1. The molecule has 0 radical (unpaired) electrons. The monoisotopic (exact) mass is 423 g/mol. The minimum atomic E-state index is -1.20. The number of ether oxygens (including phenoxy) is 1. The zero-order chi connectivity index (χ0) is 20.1. The van der Waals surface area contributed by atoms with Crippen molar-refractivity contribution in [1.29, 1.82) is 0 Å². The van der Waals surface area contributed by atoms with Gasteiger partial charge in [-0.1, -0.05) is 12.1 Å². The van der Waals surface area contributed by atoms with E-state index in [1.54, 1.807) is 29.2 Å². The summed E-state index contributed by atoms with van der Waals surface area (Å²) in [5.74, 6) is -1.29. The molecule has 29 heavy (non-hydrogen) atoms. The molecule has 0 aromatic heterocycles. The molecule has 156 valence electrons. The molecular weight excluding hydrogens is 401 g/mol. The predicted octanol–water partition coefficient (Wildman–Crippen LogP) is 2.99. The van der Waals surface area contributed by atoms with Crippen LogP contribution in [0.15, 0.2) is 42.5 Å². The maximum atomic E-state index is 14.5. The van der Waals surface area contributed by atoms with Gasteiger partial charge >= 0.3 is 12.0 Å². The molecule has 0 atom stereocenters. The van der Waals surface area contributed by atoms with Crippen molar-refractivity contribution in [3.8, 4) is 5.75 Å². The van der Waals surface area contributed by atoms with Gasteiger partial charge in [0.05, 0.1) is 19.2 Å². The van der Waals surface area contributed by atoms with Crippen LogP contribution in [0.4, 0.5) is 14.9 Å². The zero-order valence-corrected chi connectivity index (χ0v) is 16.7. The number of carbonyl (C=O) groups is 2. The minimum Gasteiger partial charge on any atom is -0.497 e. The minimum absolute atomic E-state index is 0. The fraction of sp³-hybridized carbons (Fsp3) is 0.300. The molecule has 2 N–H and O–H groups in total. The van der Waals surface area contributed by atoms with Gasteiger partial charge in [0.25, 0.3) is 0 Å². The first-order chi connectivity index (χ1) is 13.5. The quantitative estimate of drug-likeness (QED) is 0.772. The van der Waals surface area contributed by atoms with E-state index in [0.717, 1.165) is 6.07 Å². The van der Waals surface area contributed by atoms with Crippen molar-refractivity contribution in [3.63, 3.8) is 0 Å². The van der Waals surface area contributed by atoms with Crippen molar-refractivity contribution < 1.29 is 23.8 Å². The Balaban J connectivity index is 0.00000300. The van der Waals surface area contributed by atoms with Crippen molar-refractivity contribution in [2.24, 2.45) is 0 Å². The summed E-state index contributed by atoms with van der Waals surface area (Å²) >= 11 is 0. The largest absolute Gasteiger partial charge is 0.497 e. The first-order valence-electron chi connectivity index (χ1n) is 8.92. The molecule has 0 spiro atoms. The number of methoxy groups -OCH3 is 1. The van der Waals surface area contributed by atoms with Gasteiger partial charge in [-0.2, -0.15) is 0 Å². The van der Waals surface area contributed by atoms with Crippen LogP contribution in [0, 0.1) is 5.82 Å². The Bertz CT molecular complexity index is 875. The van der Waals surface area contributed by atoms with Crippen LogP contribution in [0.2, 0.25) is 0 Å². The lowest BCUT2D eigenvalue weighted by Gasteiger charge is -2.33. The smallest absolute Gasteiger partial charge is 0.335 e. The highest BCUT2D eigenvalue weighted by Crippen LogP contribution is 2.25. The number of rotatable bonds is 5. The highest BCUT2D eigenvalue weighted by molar-refractivity contribution is 5.92. The molecule has 7 nitrogen and oxygen atoms in total. The maximum Gasteiger partial charge on any atom is 0.335 e. The Morgan fingerprint density at radius 3 is 2.55 bits per heavy atom. The lowest BCUT2D eigenvalue weighted by molar-refractivity contribution is 0.0696. The molecule has 1 fully saturated rings. The van der Waals surface area contributed by atoms with Gasteiger partial charge in [-0.05, 0) is 24.3 Å². The van der Waals surface area contributed by atoms with E-state index >= 15 is 0 Å². The number of carboxylic acid groups (broad SMARTS) is 1. The van der Waals surface area contributed by atoms with Gasteiger partial charge in [0, 0.05) is 43.5 Å². The van der Waals surface area contributed by atoms with E-state index in [0.29, 0.717) is 37.6 Å². The normalized spacial score (nSPS) is 13.4. The summed E-state index contributed by atoms with van der Waals surface area (Å²) in [6, 6.07) is 10.5. The first kappa shape index (κ1) is 22.4. The van der Waals surface area contributed by atoms with Gasteiger partial charge in [-0.25, -0.2) is 14.0 Å². The summed E-state index contributed by atoms with van der Waals surface area (Å²) in [5, 5.41) is 12.2. The summed E-state index contributed by atoms with van der Waals surface area (Å²) < 4.78 is 19.7. The van der Waals surface area contributed by atoms with Crippen LogP contribution in [0.1, 0.15) is 15.9 Å². The van der Waals surface area contributed by atoms with Crippen molar-refractivity contribution in [1.82, 2.24) is 10.2 Å². The highest BCUT2D eigenvalue weighted by atomic mass is 35.5. The van der Waals surface area contributed by atoms with Crippen molar-refractivity contribution in [2.75, 3.05) is 38.2 Å². The average Bonchev–Trinajstić information content (AvgIpc) is 2.73. The van der Waals surface area contributed by atoms with E-state index in [1.165, 1.54) is 24.1 Å². The van der Waals surface area contributed by atoms with Gasteiger partial charge in [-0.3, -0.25) is 4.90 Å². The van der Waals surface area contributed by atoms with E-state index in [2.05, 4.69) is 5.32 Å². The number of anilines is 1. The number of amides is 2. The number of nitrogens with one attached hydrogen (secondary N) is 1. The Labute approximate surface area is 174 Å². The summed E-state index contributed by atoms with van der Waals surface area (Å²) in [6.07, 6.45) is 0. The first-order valence-corrected chi connectivity index (χ1v) is 8.92. The Kier molecular flexibility index (Phi) is 7.81. The summed E-state index contributed by atoms with van der Waals surface area (Å²) in [6.45, 7) is 2.47. The Morgan fingerprint density at radius 1 is 1.21 bits per heavy atom. The van der Waals surface area contributed by atoms with Crippen LogP contribution in [-0.4, -0.2) is 55.3 Å². The zero-order valence-electron chi connectivity index (χ0n) is 15.9. The molecule has 0 saturated carbocycles. The number of urea groups is 1. The van der Waals surface area contributed by atoms with Gasteiger partial charge in [0.2, 0.25) is 0 Å². The summed E-state index contributed by atoms with van der Waals surface area (Å²) in [7, 11) is 1.53. The molecule has 1 saturated heterocycles. The Hall–Kier alpha value is -2.84. The second kappa shape index (κ2) is 10.1. The highest BCUT2D eigenvalue weighted by Gasteiger charge is 2.25. The second-order valence-corrected chi connectivity index (χ2v) is 6.42. The molecule has 2 aromatic rings. The number of carboxylic acids is 1. The van der Waals surface area contributed by atoms with Gasteiger partial charge in [0.1, 0.15) is 11.6 Å². The van der Waals surface area contributed by atoms with Gasteiger partial charge in [-0.15, -0.1) is 12.4 Å². The molecule has 0 aliphatic carbocycles. The van der Waals surface area contributed by atoms with Crippen LogP contribution < -0.4 is 15.0 Å². The van der Waals surface area contributed by atoms with E-state index in [-0.39, 0.29) is 36.1 Å². The molecule has 2 amide bonds. The number of piperazine rings is 1. The SMILES string of the molecule is COc1cccc(N(Cc2ccc(C(=O)O)cc2F)C(=O)N2CCNCC2)c1.Cl. The van der Waals surface area contributed by atoms with Crippen LogP contribution in [-0.2, 0) is 6.54 Å².